The van der Waals surface area contributed by atoms with Gasteiger partial charge in [0.15, 0.2) is 0 Å². The number of morpholine rings is 1. The van der Waals surface area contributed by atoms with Crippen molar-refractivity contribution < 1.29 is 19.0 Å². The normalized spacial score (nSPS) is 14.4. The molecule has 1 aliphatic rings. The Labute approximate surface area is 219 Å². The Balaban J connectivity index is 1.13. The van der Waals surface area contributed by atoms with Gasteiger partial charge < -0.3 is 19.0 Å². The fourth-order valence-electron chi connectivity index (χ4n) is 4.06. The van der Waals surface area contributed by atoms with Crippen LogP contribution in [0, 0.1) is 0 Å². The highest BCUT2D eigenvalue weighted by Gasteiger charge is 2.16. The molecule has 5 rings (SSSR count). The quantitative estimate of drug-likeness (QED) is 0.335. The first kappa shape index (κ1) is 25.0. The van der Waals surface area contributed by atoms with E-state index in [1.165, 1.54) is 4.57 Å². The van der Waals surface area contributed by atoms with Gasteiger partial charge >= 0.3 is 4.87 Å². The van der Waals surface area contributed by atoms with E-state index in [1.807, 2.05) is 66.7 Å². The molecule has 0 atom stereocenters. The molecule has 0 unspecified atom stereocenters. The smallest absolute Gasteiger partial charge is 0.310 e. The average Bonchev–Trinajstić information content (AvgIpc) is 3.50. The first-order chi connectivity index (χ1) is 18.1. The topological polar surface area (TPSA) is 90.0 Å². The Bertz CT molecular complexity index is 1370. The van der Waals surface area contributed by atoms with Crippen molar-refractivity contribution in [1.29, 1.82) is 0 Å². The van der Waals surface area contributed by atoms with E-state index in [4.69, 9.17) is 13.9 Å². The SMILES string of the molecule is O=c1sc(Cc2ccc(OCc3coc(C=Cc4ccccc4)n3)cc2)c(O)n1CCN1CCOCC1. The molecule has 0 amide bonds. The van der Waals surface area contributed by atoms with E-state index in [1.54, 1.807) is 6.26 Å². The fraction of sp³-hybridized carbons (Fsp3) is 0.286. The lowest BCUT2D eigenvalue weighted by Gasteiger charge is -2.26. The molecule has 192 valence electrons. The summed E-state index contributed by atoms with van der Waals surface area (Å²) in [5.41, 5.74) is 2.76. The van der Waals surface area contributed by atoms with E-state index in [-0.39, 0.29) is 17.4 Å². The van der Waals surface area contributed by atoms with Gasteiger partial charge in [-0.2, -0.15) is 0 Å². The molecule has 0 saturated carbocycles. The molecule has 2 aromatic heterocycles. The number of thiazole rings is 1. The van der Waals surface area contributed by atoms with E-state index >= 15 is 0 Å². The second kappa shape index (κ2) is 12.1. The first-order valence-corrected chi connectivity index (χ1v) is 13.1. The maximum atomic E-state index is 12.5. The molecule has 1 aliphatic heterocycles. The Kier molecular flexibility index (Phi) is 8.15. The van der Waals surface area contributed by atoms with Crippen molar-refractivity contribution in [2.24, 2.45) is 0 Å². The lowest BCUT2D eigenvalue weighted by molar-refractivity contribution is 0.0361. The second-order valence-electron chi connectivity index (χ2n) is 8.75. The fourth-order valence-corrected chi connectivity index (χ4v) is 5.00. The lowest BCUT2D eigenvalue weighted by atomic mass is 10.1. The third-order valence-corrected chi connectivity index (χ3v) is 7.11. The maximum absolute atomic E-state index is 12.5. The number of aromatic nitrogens is 2. The minimum atomic E-state index is -0.133. The monoisotopic (exact) mass is 519 g/mol. The van der Waals surface area contributed by atoms with Gasteiger partial charge in [0.25, 0.3) is 0 Å². The molecule has 3 heterocycles. The summed E-state index contributed by atoms with van der Waals surface area (Å²) in [5.74, 6) is 1.29. The van der Waals surface area contributed by atoms with E-state index < -0.39 is 0 Å². The van der Waals surface area contributed by atoms with Crippen LogP contribution in [0.3, 0.4) is 0 Å². The first-order valence-electron chi connectivity index (χ1n) is 12.2. The summed E-state index contributed by atoms with van der Waals surface area (Å²) in [5, 5.41) is 10.7. The van der Waals surface area contributed by atoms with Gasteiger partial charge in [-0.3, -0.25) is 14.3 Å². The molecular formula is C28H29N3O5S. The van der Waals surface area contributed by atoms with Gasteiger partial charge in [-0.05, 0) is 29.3 Å². The molecule has 4 aromatic rings. The van der Waals surface area contributed by atoms with Crippen molar-refractivity contribution in [2.75, 3.05) is 32.8 Å². The second-order valence-corrected chi connectivity index (χ2v) is 9.80. The van der Waals surface area contributed by atoms with E-state index in [0.29, 0.717) is 48.4 Å². The summed E-state index contributed by atoms with van der Waals surface area (Å²) in [6.07, 6.45) is 5.85. The molecular weight excluding hydrogens is 490 g/mol. The summed E-state index contributed by atoms with van der Waals surface area (Å²) < 4.78 is 18.2. The van der Waals surface area contributed by atoms with Crippen LogP contribution in [-0.4, -0.2) is 52.4 Å². The predicted molar refractivity (Wildman–Crippen MR) is 143 cm³/mol. The number of hydrogen-bond acceptors (Lipinski definition) is 8. The molecule has 0 radical (unpaired) electrons. The molecule has 9 heteroatoms. The highest BCUT2D eigenvalue weighted by Crippen LogP contribution is 2.25. The van der Waals surface area contributed by atoms with Crippen LogP contribution in [0.25, 0.3) is 12.2 Å². The van der Waals surface area contributed by atoms with Crippen LogP contribution in [-0.2, 0) is 24.3 Å². The standard InChI is InChI=1S/C28H29N3O5S/c32-27-25(37-28(33)31(27)13-12-30-14-16-34-17-15-30)18-22-6-9-24(10-7-22)35-19-23-20-36-26(29-23)11-8-21-4-2-1-3-5-21/h1-11,20,32H,12-19H2. The molecule has 1 fully saturated rings. The molecule has 0 aliphatic carbocycles. The van der Waals surface area contributed by atoms with Gasteiger partial charge in [-0.15, -0.1) is 0 Å². The van der Waals surface area contributed by atoms with Crippen molar-refractivity contribution in [3.05, 3.63) is 98.1 Å². The molecule has 0 spiro atoms. The Hall–Kier alpha value is -3.66. The van der Waals surface area contributed by atoms with E-state index in [0.717, 1.165) is 42.1 Å². The van der Waals surface area contributed by atoms with Crippen LogP contribution < -0.4 is 9.61 Å². The van der Waals surface area contributed by atoms with E-state index in [9.17, 15) is 9.90 Å². The molecule has 1 saturated heterocycles. The summed E-state index contributed by atoms with van der Waals surface area (Å²) in [6.45, 7) is 4.60. The molecule has 1 N–H and O–H groups in total. The summed E-state index contributed by atoms with van der Waals surface area (Å²) in [4.78, 5) is 19.7. The zero-order valence-corrected chi connectivity index (χ0v) is 21.2. The minimum absolute atomic E-state index is 0.0618. The van der Waals surface area contributed by atoms with Crippen LogP contribution in [0.2, 0.25) is 0 Å². The van der Waals surface area contributed by atoms with Crippen LogP contribution in [0.4, 0.5) is 0 Å². The minimum Gasteiger partial charge on any atom is -0.494 e. The summed E-state index contributed by atoms with van der Waals surface area (Å²) in [7, 11) is 0. The molecule has 37 heavy (non-hydrogen) atoms. The van der Waals surface area contributed by atoms with Crippen LogP contribution in [0.1, 0.15) is 27.6 Å². The summed E-state index contributed by atoms with van der Waals surface area (Å²) >= 11 is 1.10. The van der Waals surface area contributed by atoms with Gasteiger partial charge in [0, 0.05) is 38.7 Å². The number of aromatic hydroxyl groups is 1. The highest BCUT2D eigenvalue weighted by atomic mass is 32.1. The summed E-state index contributed by atoms with van der Waals surface area (Å²) in [6, 6.07) is 17.6. The van der Waals surface area contributed by atoms with Crippen molar-refractivity contribution in [1.82, 2.24) is 14.5 Å². The van der Waals surface area contributed by atoms with Crippen LogP contribution in [0.5, 0.6) is 11.6 Å². The number of benzene rings is 2. The predicted octanol–water partition coefficient (Wildman–Crippen LogP) is 4.28. The van der Waals surface area contributed by atoms with Crippen LogP contribution in [0.15, 0.2) is 70.1 Å². The lowest BCUT2D eigenvalue weighted by Crippen LogP contribution is -2.38. The van der Waals surface area contributed by atoms with Crippen molar-refractivity contribution >= 4 is 23.5 Å². The van der Waals surface area contributed by atoms with Gasteiger partial charge in [-0.25, -0.2) is 4.98 Å². The third kappa shape index (κ3) is 6.76. The maximum Gasteiger partial charge on any atom is 0.310 e. The van der Waals surface area contributed by atoms with Crippen LogP contribution >= 0.6 is 11.3 Å². The Morgan fingerprint density at radius 2 is 1.81 bits per heavy atom. The van der Waals surface area contributed by atoms with Crippen molar-refractivity contribution in [3.63, 3.8) is 0 Å². The highest BCUT2D eigenvalue weighted by molar-refractivity contribution is 7.09. The van der Waals surface area contributed by atoms with Gasteiger partial charge in [0.05, 0.1) is 18.1 Å². The Morgan fingerprint density at radius 3 is 2.59 bits per heavy atom. The largest absolute Gasteiger partial charge is 0.494 e. The Morgan fingerprint density at radius 1 is 1.03 bits per heavy atom. The average molecular weight is 520 g/mol. The molecule has 0 bridgehead atoms. The van der Waals surface area contributed by atoms with Gasteiger partial charge in [0.2, 0.25) is 11.8 Å². The number of oxazole rings is 1. The number of nitrogens with zero attached hydrogens (tertiary/aromatic N) is 3. The van der Waals surface area contributed by atoms with E-state index in [2.05, 4.69) is 9.88 Å². The van der Waals surface area contributed by atoms with Gasteiger partial charge in [0.1, 0.15) is 24.3 Å². The van der Waals surface area contributed by atoms with Gasteiger partial charge in [-0.1, -0.05) is 53.8 Å². The zero-order chi connectivity index (χ0) is 25.5. The number of hydrogen-bond donors (Lipinski definition) is 1. The number of ether oxygens (including phenoxy) is 2. The number of rotatable bonds is 10. The zero-order valence-electron chi connectivity index (χ0n) is 20.4. The molecule has 2 aromatic carbocycles. The van der Waals surface area contributed by atoms with Crippen molar-refractivity contribution in [2.45, 2.75) is 19.6 Å². The van der Waals surface area contributed by atoms with Crippen molar-refractivity contribution in [3.8, 4) is 11.6 Å². The third-order valence-electron chi connectivity index (χ3n) is 6.14. The molecule has 8 nitrogen and oxygen atoms in total.